The molecule has 1 N–H and O–H groups in total. The number of hydrogen-bond acceptors (Lipinski definition) is 4. The van der Waals surface area contributed by atoms with E-state index in [1.165, 1.54) is 5.56 Å². The lowest BCUT2D eigenvalue weighted by Crippen LogP contribution is -2.41. The van der Waals surface area contributed by atoms with Crippen molar-refractivity contribution in [1.29, 1.82) is 0 Å². The van der Waals surface area contributed by atoms with Gasteiger partial charge in [-0.25, -0.2) is 0 Å². The smallest absolute Gasteiger partial charge is 0.234 e. The fourth-order valence-electron chi connectivity index (χ4n) is 4.96. The normalized spacial score (nSPS) is 28.3. The zero-order chi connectivity index (χ0) is 21.8. The van der Waals surface area contributed by atoms with Gasteiger partial charge < -0.3 is 19.7 Å². The van der Waals surface area contributed by atoms with Gasteiger partial charge in [0.1, 0.15) is 11.4 Å². The van der Waals surface area contributed by atoms with Crippen molar-refractivity contribution in [2.75, 3.05) is 23.9 Å². The van der Waals surface area contributed by atoms with E-state index in [0.29, 0.717) is 12.5 Å². The van der Waals surface area contributed by atoms with Gasteiger partial charge in [-0.2, -0.15) is 0 Å². The molecule has 0 aliphatic carbocycles. The molecule has 0 saturated carbocycles. The van der Waals surface area contributed by atoms with E-state index < -0.39 is 17.4 Å². The van der Waals surface area contributed by atoms with Crippen LogP contribution < -0.4 is 15.0 Å². The average molecular weight is 418 g/mol. The number of fused-ring (bicyclic) bond motifs is 1. The van der Waals surface area contributed by atoms with Crippen molar-refractivity contribution >= 4 is 23.2 Å². The van der Waals surface area contributed by atoms with Crippen molar-refractivity contribution in [3.63, 3.8) is 0 Å². The van der Waals surface area contributed by atoms with Crippen LogP contribution in [0.5, 0.6) is 5.75 Å². The average Bonchev–Trinajstić information content (AvgIpc) is 3.42. The number of nitrogens with zero attached hydrogens (tertiary/aromatic N) is 1. The molecule has 2 fully saturated rings. The van der Waals surface area contributed by atoms with Gasteiger partial charge in [0.05, 0.1) is 31.6 Å². The maximum Gasteiger partial charge on any atom is 0.234 e. The number of amides is 2. The largest absolute Gasteiger partial charge is 0.497 e. The van der Waals surface area contributed by atoms with E-state index >= 15 is 0 Å². The topological polar surface area (TPSA) is 67.9 Å². The van der Waals surface area contributed by atoms with Crippen LogP contribution in [-0.2, 0) is 14.3 Å². The second-order valence-electron chi connectivity index (χ2n) is 8.79. The summed E-state index contributed by atoms with van der Waals surface area (Å²) in [6, 6.07) is 15.2. The number of nitrogens with one attached hydrogen (secondary N) is 1. The minimum absolute atomic E-state index is 0.0766. The summed E-state index contributed by atoms with van der Waals surface area (Å²) >= 11 is 0. The molecule has 0 radical (unpaired) electrons. The number of ether oxygens (including phenoxy) is 2. The van der Waals surface area contributed by atoms with Crippen LogP contribution in [0.15, 0.2) is 60.7 Å². The van der Waals surface area contributed by atoms with Gasteiger partial charge in [-0.15, -0.1) is 0 Å². The van der Waals surface area contributed by atoms with Gasteiger partial charge in [0.25, 0.3) is 0 Å². The molecule has 31 heavy (non-hydrogen) atoms. The molecular weight excluding hydrogens is 392 g/mol. The Morgan fingerprint density at radius 1 is 1.16 bits per heavy atom. The standard InChI is InChI=1S/C25H26N2O4/c1-15(2)16-4-6-17(7-5-16)26-23(28)21-20-12-13-25(31-20)14-27(24(29)22(21)25)18-8-10-19(30-3)11-9-18/h4-13,15,20-22H,14H2,1-3H3,(H,26,28)/t20-,21-,22+,25+/m1/s1. The third-order valence-corrected chi connectivity index (χ3v) is 6.63. The van der Waals surface area contributed by atoms with Crippen molar-refractivity contribution in [3.8, 4) is 5.75 Å². The van der Waals surface area contributed by atoms with Crippen molar-refractivity contribution < 1.29 is 19.1 Å². The minimum atomic E-state index is -0.745. The molecule has 0 aromatic heterocycles. The van der Waals surface area contributed by atoms with Crippen LogP contribution in [0.25, 0.3) is 0 Å². The molecule has 2 aromatic carbocycles. The molecular formula is C25H26N2O4. The molecule has 4 atom stereocenters. The third-order valence-electron chi connectivity index (χ3n) is 6.63. The Balaban J connectivity index is 1.38. The van der Waals surface area contributed by atoms with Gasteiger partial charge in [0.15, 0.2) is 0 Å². The van der Waals surface area contributed by atoms with E-state index in [0.717, 1.165) is 17.1 Å². The van der Waals surface area contributed by atoms with Crippen LogP contribution >= 0.6 is 0 Å². The zero-order valence-corrected chi connectivity index (χ0v) is 17.9. The van der Waals surface area contributed by atoms with E-state index in [4.69, 9.17) is 9.47 Å². The number of hydrogen-bond donors (Lipinski definition) is 1. The van der Waals surface area contributed by atoms with E-state index in [9.17, 15) is 9.59 Å². The number of rotatable bonds is 5. The zero-order valence-electron chi connectivity index (χ0n) is 17.9. The highest BCUT2D eigenvalue weighted by Gasteiger charge is 2.67. The molecule has 1 spiro atoms. The molecule has 6 nitrogen and oxygen atoms in total. The van der Waals surface area contributed by atoms with Crippen molar-refractivity contribution in [1.82, 2.24) is 0 Å². The molecule has 3 aliphatic rings. The van der Waals surface area contributed by atoms with E-state index in [2.05, 4.69) is 19.2 Å². The monoisotopic (exact) mass is 418 g/mol. The summed E-state index contributed by atoms with van der Waals surface area (Å²) in [5.41, 5.74) is 1.97. The second kappa shape index (κ2) is 7.24. The van der Waals surface area contributed by atoms with Gasteiger partial charge in [-0.3, -0.25) is 9.59 Å². The van der Waals surface area contributed by atoms with Crippen LogP contribution in [0, 0.1) is 11.8 Å². The summed E-state index contributed by atoms with van der Waals surface area (Å²) in [5.74, 6) is -0.179. The first-order valence-electron chi connectivity index (χ1n) is 10.7. The number of benzene rings is 2. The van der Waals surface area contributed by atoms with Crippen LogP contribution in [-0.4, -0.2) is 37.2 Å². The van der Waals surface area contributed by atoms with Crippen molar-refractivity contribution in [2.24, 2.45) is 11.8 Å². The summed E-state index contributed by atoms with van der Waals surface area (Å²) in [5, 5.41) is 2.99. The van der Waals surface area contributed by atoms with Crippen LogP contribution in [0.3, 0.4) is 0 Å². The lowest BCUT2D eigenvalue weighted by molar-refractivity contribution is -0.128. The second-order valence-corrected chi connectivity index (χ2v) is 8.79. The molecule has 3 heterocycles. The SMILES string of the molecule is COc1ccc(N2C[C@]34C=C[C@@H](O3)[C@@H](C(=O)Nc3ccc(C(C)C)cc3)[C@H]4C2=O)cc1. The number of carbonyl (C=O) groups excluding carboxylic acids is 2. The predicted octanol–water partition coefficient (Wildman–Crippen LogP) is 3.74. The fraction of sp³-hybridized carbons (Fsp3) is 0.360. The molecule has 0 unspecified atom stereocenters. The molecule has 2 saturated heterocycles. The van der Waals surface area contributed by atoms with Crippen molar-refractivity contribution in [3.05, 3.63) is 66.2 Å². The summed E-state index contributed by atoms with van der Waals surface area (Å²) in [6.07, 6.45) is 3.51. The summed E-state index contributed by atoms with van der Waals surface area (Å²) in [6.45, 7) is 4.67. The summed E-state index contributed by atoms with van der Waals surface area (Å²) in [4.78, 5) is 28.4. The first-order valence-corrected chi connectivity index (χ1v) is 10.7. The van der Waals surface area contributed by atoms with Gasteiger partial charge in [-0.05, 0) is 47.9 Å². The number of carbonyl (C=O) groups is 2. The molecule has 2 bridgehead atoms. The lowest BCUT2D eigenvalue weighted by atomic mass is 9.76. The van der Waals surface area contributed by atoms with Crippen LogP contribution in [0.2, 0.25) is 0 Å². The summed E-state index contributed by atoms with van der Waals surface area (Å²) in [7, 11) is 1.61. The maximum absolute atomic E-state index is 13.4. The maximum atomic E-state index is 13.4. The first-order chi connectivity index (χ1) is 14.9. The first kappa shape index (κ1) is 19.8. The van der Waals surface area contributed by atoms with Crippen molar-refractivity contribution in [2.45, 2.75) is 31.5 Å². The highest BCUT2D eigenvalue weighted by molar-refractivity contribution is 6.05. The number of methoxy groups -OCH3 is 1. The van der Waals surface area contributed by atoms with E-state index in [1.807, 2.05) is 60.7 Å². The highest BCUT2D eigenvalue weighted by Crippen LogP contribution is 2.52. The van der Waals surface area contributed by atoms with E-state index in [1.54, 1.807) is 12.0 Å². The minimum Gasteiger partial charge on any atom is -0.497 e. The Labute approximate surface area is 181 Å². The molecule has 2 aromatic rings. The number of anilines is 2. The van der Waals surface area contributed by atoms with Gasteiger partial charge in [0, 0.05) is 11.4 Å². The molecule has 6 heteroatoms. The molecule has 160 valence electrons. The quantitative estimate of drug-likeness (QED) is 0.751. The lowest BCUT2D eigenvalue weighted by Gasteiger charge is -2.23. The van der Waals surface area contributed by atoms with Gasteiger partial charge in [0.2, 0.25) is 11.8 Å². The van der Waals surface area contributed by atoms with E-state index in [-0.39, 0.29) is 17.9 Å². The highest BCUT2D eigenvalue weighted by atomic mass is 16.5. The Morgan fingerprint density at radius 3 is 2.52 bits per heavy atom. The third kappa shape index (κ3) is 3.13. The van der Waals surface area contributed by atoms with Crippen LogP contribution in [0.4, 0.5) is 11.4 Å². The van der Waals surface area contributed by atoms with Crippen LogP contribution in [0.1, 0.15) is 25.3 Å². The molecule has 5 rings (SSSR count). The van der Waals surface area contributed by atoms with Gasteiger partial charge in [-0.1, -0.05) is 38.1 Å². The Morgan fingerprint density at radius 2 is 1.87 bits per heavy atom. The Hall–Kier alpha value is -3.12. The predicted molar refractivity (Wildman–Crippen MR) is 118 cm³/mol. The Kier molecular flexibility index (Phi) is 4.63. The molecule has 3 aliphatic heterocycles. The molecule has 2 amide bonds. The fourth-order valence-corrected chi connectivity index (χ4v) is 4.96. The summed E-state index contributed by atoms with van der Waals surface area (Å²) < 4.78 is 11.4. The van der Waals surface area contributed by atoms with Gasteiger partial charge >= 0.3 is 0 Å². The Bertz CT molecular complexity index is 1040.